The Bertz CT molecular complexity index is 876. The number of carbonyl (C=O) groups excluding carboxylic acids is 4. The maximum atomic E-state index is 13.2. The maximum Gasteiger partial charge on any atom is 0.289 e. The maximum absolute atomic E-state index is 13.2. The first-order valence-corrected chi connectivity index (χ1v) is 16.1. The summed E-state index contributed by atoms with van der Waals surface area (Å²) < 4.78 is 1.05. The molecular formula is C26H38IN3O4S2. The molecule has 2 rings (SSSR count). The van der Waals surface area contributed by atoms with Crippen LogP contribution in [0, 0.1) is 9.49 Å². The molecule has 3 atom stereocenters. The van der Waals surface area contributed by atoms with E-state index in [4.69, 9.17) is 0 Å². The van der Waals surface area contributed by atoms with E-state index in [0.717, 1.165) is 28.4 Å². The van der Waals surface area contributed by atoms with Gasteiger partial charge in [0.15, 0.2) is 0 Å². The number of benzene rings is 1. The summed E-state index contributed by atoms with van der Waals surface area (Å²) in [4.78, 5) is 51.0. The molecule has 1 aromatic carbocycles. The minimum absolute atomic E-state index is 0.159. The normalized spacial score (nSPS) is 16.9. The lowest BCUT2D eigenvalue weighted by Crippen LogP contribution is -2.54. The summed E-state index contributed by atoms with van der Waals surface area (Å²) >= 11 is 2.19. The van der Waals surface area contributed by atoms with Crippen LogP contribution < -0.4 is 16.0 Å². The molecule has 200 valence electrons. The third kappa shape index (κ3) is 11.4. The second kappa shape index (κ2) is 16.5. The average Bonchev–Trinajstić information content (AvgIpc) is 3.35. The summed E-state index contributed by atoms with van der Waals surface area (Å²) in [6.07, 6.45) is 5.13. The number of likely N-dealkylation sites (N-methyl/N-ethyl adjacent to an activating group) is 1. The van der Waals surface area contributed by atoms with E-state index in [0.29, 0.717) is 24.6 Å². The zero-order valence-corrected chi connectivity index (χ0v) is 25.1. The molecule has 3 N–H and O–H groups in total. The van der Waals surface area contributed by atoms with Crippen molar-refractivity contribution in [3.63, 3.8) is 0 Å². The van der Waals surface area contributed by atoms with Crippen molar-refractivity contribution < 1.29 is 19.2 Å². The summed E-state index contributed by atoms with van der Waals surface area (Å²) in [7, 11) is 3.86. The molecule has 1 saturated heterocycles. The fourth-order valence-electron chi connectivity index (χ4n) is 3.94. The minimum Gasteiger partial charge on any atom is -0.350 e. The Morgan fingerprint density at radius 2 is 1.78 bits per heavy atom. The first-order valence-electron chi connectivity index (χ1n) is 12.6. The zero-order valence-electron chi connectivity index (χ0n) is 21.3. The van der Waals surface area contributed by atoms with Crippen LogP contribution in [0.1, 0.15) is 64.9 Å². The van der Waals surface area contributed by atoms with Crippen molar-refractivity contribution in [2.75, 3.05) is 12.3 Å². The first kappa shape index (κ1) is 31.0. The Balaban J connectivity index is 2.01. The molecule has 1 unspecified atom stereocenters. The van der Waals surface area contributed by atoms with Gasteiger partial charge in [0.2, 0.25) is 17.6 Å². The quantitative estimate of drug-likeness (QED) is 0.114. The number of ketones is 1. The van der Waals surface area contributed by atoms with E-state index in [1.165, 1.54) is 12.2 Å². The highest BCUT2D eigenvalue weighted by Crippen LogP contribution is 2.39. The van der Waals surface area contributed by atoms with E-state index < -0.39 is 29.7 Å². The van der Waals surface area contributed by atoms with Crippen LogP contribution in [0.2, 0.25) is 0 Å². The number of rotatable bonds is 15. The molecule has 3 amide bonds. The Morgan fingerprint density at radius 3 is 2.39 bits per heavy atom. The third-order valence-electron chi connectivity index (χ3n) is 5.81. The second-order valence-electron chi connectivity index (χ2n) is 9.44. The fourth-order valence-corrected chi connectivity index (χ4v) is 7.32. The van der Waals surface area contributed by atoms with E-state index in [1.54, 1.807) is 6.92 Å². The number of nitrogens with one attached hydrogen (secondary N) is 3. The molecule has 0 radical (unpaired) electrons. The number of halogens is 1. The molecule has 36 heavy (non-hydrogen) atoms. The van der Waals surface area contributed by atoms with E-state index in [9.17, 15) is 19.2 Å². The number of carbonyl (C=O) groups is 4. The van der Waals surface area contributed by atoms with Gasteiger partial charge in [0.1, 0.15) is 12.1 Å². The van der Waals surface area contributed by atoms with Gasteiger partial charge < -0.3 is 16.0 Å². The van der Waals surface area contributed by atoms with E-state index in [-0.39, 0.29) is 18.2 Å². The standard InChI is InChI=1S/C26H38IN3O4S2/c1-4-28-26(34)24(32)21(16-18-9-11-19(27)12-10-18)30-25(33)22(15-17(2)3)29-23(31)8-6-5-7-20-13-14-35-36-20/h9-12,17,20-22H,4-8,13-16H2,1-3H3,(H,28,34)(H,29,31)(H,30,33)/t20?,21-,22-/m0/s1. The van der Waals surface area contributed by atoms with E-state index in [2.05, 4.69) is 38.5 Å². The average molecular weight is 648 g/mol. The summed E-state index contributed by atoms with van der Waals surface area (Å²) in [5.74, 6) is -0.655. The van der Waals surface area contributed by atoms with Crippen molar-refractivity contribution in [1.82, 2.24) is 16.0 Å². The van der Waals surface area contributed by atoms with Crippen molar-refractivity contribution in [2.24, 2.45) is 5.92 Å². The van der Waals surface area contributed by atoms with E-state index >= 15 is 0 Å². The van der Waals surface area contributed by atoms with Crippen molar-refractivity contribution in [3.8, 4) is 0 Å². The summed E-state index contributed by atoms with van der Waals surface area (Å²) in [5.41, 5.74) is 0.835. The summed E-state index contributed by atoms with van der Waals surface area (Å²) in [5, 5.41) is 8.84. The fraction of sp³-hybridized carbons (Fsp3) is 0.615. The highest BCUT2D eigenvalue weighted by Gasteiger charge is 2.30. The minimum atomic E-state index is -1.02. The molecule has 7 nitrogen and oxygen atoms in total. The Labute approximate surface area is 236 Å². The molecule has 10 heteroatoms. The van der Waals surface area contributed by atoms with Crippen LogP contribution in [-0.4, -0.2) is 53.1 Å². The predicted octanol–water partition coefficient (Wildman–Crippen LogP) is 4.27. The predicted molar refractivity (Wildman–Crippen MR) is 157 cm³/mol. The topological polar surface area (TPSA) is 104 Å². The first-order chi connectivity index (χ1) is 17.2. The van der Waals surface area contributed by atoms with Crippen molar-refractivity contribution in [2.45, 2.75) is 83.1 Å². The molecule has 1 aliphatic heterocycles. The lowest BCUT2D eigenvalue weighted by molar-refractivity contribution is -0.140. The number of hydrogen-bond donors (Lipinski definition) is 3. The molecule has 1 heterocycles. The van der Waals surface area contributed by atoms with Gasteiger partial charge >= 0.3 is 0 Å². The Morgan fingerprint density at radius 1 is 1.06 bits per heavy atom. The van der Waals surface area contributed by atoms with Crippen LogP contribution in [0.5, 0.6) is 0 Å². The van der Waals surface area contributed by atoms with Crippen LogP contribution in [0.25, 0.3) is 0 Å². The van der Waals surface area contributed by atoms with Gasteiger partial charge in [0.05, 0.1) is 0 Å². The van der Waals surface area contributed by atoms with Gasteiger partial charge in [0, 0.05) is 34.0 Å². The van der Waals surface area contributed by atoms with Crippen LogP contribution in [-0.2, 0) is 25.6 Å². The Kier molecular flexibility index (Phi) is 14.2. The van der Waals surface area contributed by atoms with Gasteiger partial charge in [-0.15, -0.1) is 0 Å². The lowest BCUT2D eigenvalue weighted by atomic mass is 9.99. The number of Topliss-reactive ketones (excluding diaryl/α,β-unsaturated/α-hetero) is 1. The highest BCUT2D eigenvalue weighted by molar-refractivity contribution is 14.1. The number of amides is 3. The second-order valence-corrected chi connectivity index (χ2v) is 13.5. The van der Waals surface area contributed by atoms with Gasteiger partial charge in [-0.3, -0.25) is 19.2 Å². The van der Waals surface area contributed by atoms with Gasteiger partial charge in [-0.2, -0.15) is 0 Å². The molecule has 1 fully saturated rings. The van der Waals surface area contributed by atoms with Crippen LogP contribution in [0.3, 0.4) is 0 Å². The molecule has 0 bridgehead atoms. The summed E-state index contributed by atoms with van der Waals surface area (Å²) in [6.45, 7) is 6.01. The van der Waals surface area contributed by atoms with Gasteiger partial charge in [-0.05, 0) is 78.8 Å². The van der Waals surface area contributed by atoms with Gasteiger partial charge in [-0.25, -0.2) is 0 Å². The smallest absolute Gasteiger partial charge is 0.289 e. The van der Waals surface area contributed by atoms with Crippen LogP contribution in [0.4, 0.5) is 0 Å². The monoisotopic (exact) mass is 647 g/mol. The number of hydrogen-bond acceptors (Lipinski definition) is 6. The van der Waals surface area contributed by atoms with Crippen LogP contribution >= 0.6 is 44.2 Å². The Hall–Kier alpha value is -1.27. The third-order valence-corrected chi connectivity index (χ3v) is 9.54. The van der Waals surface area contributed by atoms with Crippen LogP contribution in [0.15, 0.2) is 24.3 Å². The van der Waals surface area contributed by atoms with Crippen molar-refractivity contribution in [1.29, 1.82) is 0 Å². The molecule has 0 saturated carbocycles. The molecule has 0 spiro atoms. The van der Waals surface area contributed by atoms with Crippen molar-refractivity contribution >= 4 is 67.7 Å². The summed E-state index contributed by atoms with van der Waals surface area (Å²) in [6, 6.07) is 5.80. The molecule has 1 aliphatic rings. The van der Waals surface area contributed by atoms with Gasteiger partial charge in [-0.1, -0.05) is 54.0 Å². The van der Waals surface area contributed by atoms with Crippen molar-refractivity contribution in [3.05, 3.63) is 33.4 Å². The lowest BCUT2D eigenvalue weighted by Gasteiger charge is -2.24. The highest BCUT2D eigenvalue weighted by atomic mass is 127. The molecular weight excluding hydrogens is 609 g/mol. The van der Waals surface area contributed by atoms with Gasteiger partial charge in [0.25, 0.3) is 5.91 Å². The SMILES string of the molecule is CCNC(=O)C(=O)[C@H](Cc1ccc(I)cc1)NC(=O)[C@H](CC(C)C)NC(=O)CCCCC1CCSS1. The molecule has 1 aromatic rings. The molecule has 0 aromatic heterocycles. The largest absolute Gasteiger partial charge is 0.350 e. The van der Waals surface area contributed by atoms with E-state index in [1.807, 2.05) is 59.7 Å². The molecule has 0 aliphatic carbocycles. The zero-order chi connectivity index (χ0) is 26.5. The number of unbranched alkanes of at least 4 members (excludes halogenated alkanes) is 1.